The predicted octanol–water partition coefficient (Wildman–Crippen LogP) is 12.1. The Morgan fingerprint density at radius 3 is 1.55 bits per heavy atom. The number of aliphatic carboxylic acids is 1. The number of nitrogens with zero attached hydrogens (tertiary/aromatic N) is 2. The number of benzene rings is 4. The lowest BCUT2D eigenvalue weighted by atomic mass is 9.43. The minimum Gasteiger partial charge on any atom is -0.480 e. The summed E-state index contributed by atoms with van der Waals surface area (Å²) < 4.78 is 99.3. The topological polar surface area (TPSA) is 210 Å². The van der Waals surface area contributed by atoms with Crippen molar-refractivity contribution in [2.45, 2.75) is 130 Å². The van der Waals surface area contributed by atoms with Crippen molar-refractivity contribution in [1.29, 1.82) is 0 Å². The number of anilines is 2. The van der Waals surface area contributed by atoms with E-state index in [4.69, 9.17) is 61.6 Å². The number of Topliss-reactive ketones (excluding diaryl/α,β-unsaturated/α-hetero) is 1. The number of ketones is 1. The van der Waals surface area contributed by atoms with Crippen LogP contribution in [-0.2, 0) is 49.1 Å². The van der Waals surface area contributed by atoms with Gasteiger partial charge in [0.2, 0.25) is 23.6 Å². The predicted molar refractivity (Wildman–Crippen MR) is 340 cm³/mol. The molecule has 92 heavy (non-hydrogen) atoms. The summed E-state index contributed by atoms with van der Waals surface area (Å²) in [5.41, 5.74) is -0.579. The van der Waals surface area contributed by atoms with E-state index >= 15 is 8.78 Å². The van der Waals surface area contributed by atoms with Crippen LogP contribution in [0.25, 0.3) is 0 Å². The molecule has 3 saturated heterocycles. The van der Waals surface area contributed by atoms with Crippen molar-refractivity contribution in [3.8, 4) is 0 Å². The van der Waals surface area contributed by atoms with Gasteiger partial charge in [0.05, 0.1) is 80.4 Å². The lowest BCUT2D eigenvalue weighted by Crippen LogP contribution is -2.70. The highest BCUT2D eigenvalue weighted by atomic mass is 35.5. The minimum absolute atomic E-state index is 0. The van der Waals surface area contributed by atoms with Gasteiger partial charge in [-0.1, -0.05) is 82.8 Å². The van der Waals surface area contributed by atoms with Crippen LogP contribution in [0.4, 0.5) is 37.7 Å². The number of ether oxygens (including phenoxy) is 2. The summed E-state index contributed by atoms with van der Waals surface area (Å²) >= 11 is 24.7. The third-order valence-electron chi connectivity index (χ3n) is 20.7. The van der Waals surface area contributed by atoms with E-state index in [0.717, 1.165) is 12.8 Å². The fourth-order valence-electron chi connectivity index (χ4n) is 16.7. The number of carbonyl (C=O) groups is 6. The van der Waals surface area contributed by atoms with Crippen molar-refractivity contribution < 1.29 is 69.7 Å². The van der Waals surface area contributed by atoms with Crippen LogP contribution >= 0.6 is 58.8 Å². The first-order chi connectivity index (χ1) is 43.1. The maximum absolute atomic E-state index is 16.0. The van der Waals surface area contributed by atoms with Crippen LogP contribution in [0, 0.1) is 39.7 Å². The summed E-state index contributed by atoms with van der Waals surface area (Å²) in [6, 6.07) is 17.1. The molecule has 10 atom stereocenters. The Labute approximate surface area is 556 Å². The Hall–Kier alpha value is -5.23. The lowest BCUT2D eigenvalue weighted by molar-refractivity contribution is -0.143. The Morgan fingerprint density at radius 2 is 1.10 bits per heavy atom. The number of nitrogens with two attached hydrogens (primary N) is 1. The summed E-state index contributed by atoms with van der Waals surface area (Å²) in [5.74, 6) is -7.10. The molecule has 26 heteroatoms. The van der Waals surface area contributed by atoms with Crippen LogP contribution in [0.15, 0.2) is 72.8 Å². The fourth-order valence-corrected chi connectivity index (χ4v) is 17.4. The largest absolute Gasteiger partial charge is 0.480 e. The smallest absolute Gasteiger partial charge is 0.321 e. The van der Waals surface area contributed by atoms with Crippen LogP contribution in [0.3, 0.4) is 0 Å². The Balaban J connectivity index is 0.000000186. The molecule has 3 aliphatic carbocycles. The Morgan fingerprint density at radius 1 is 0.630 bits per heavy atom. The highest BCUT2D eigenvalue weighted by molar-refractivity contribution is 6.32. The number of rotatable bonds is 14. The van der Waals surface area contributed by atoms with E-state index in [2.05, 4.69) is 16.0 Å². The van der Waals surface area contributed by atoms with Gasteiger partial charge in [0.15, 0.2) is 0 Å². The zero-order chi connectivity index (χ0) is 65.9. The Bertz CT molecular complexity index is 3480. The van der Waals surface area contributed by atoms with Gasteiger partial charge in [-0.25, -0.2) is 8.78 Å². The van der Waals surface area contributed by atoms with Gasteiger partial charge in [-0.15, -0.1) is 12.4 Å². The molecule has 0 aromatic heterocycles. The minimum atomic E-state index is -1.66. The van der Waals surface area contributed by atoms with Gasteiger partial charge in [-0.05, 0) is 128 Å². The summed E-state index contributed by atoms with van der Waals surface area (Å²) in [4.78, 5) is 81.6. The molecule has 0 radical (unpaired) electrons. The lowest BCUT2D eigenvalue weighted by Gasteiger charge is -2.59. The third-order valence-corrected chi connectivity index (χ3v) is 21.8. The summed E-state index contributed by atoms with van der Waals surface area (Å²) in [7, 11) is 6.91. The van der Waals surface area contributed by atoms with Gasteiger partial charge >= 0.3 is 5.97 Å². The molecule has 4 amide bonds. The zero-order valence-electron chi connectivity index (χ0n) is 51.1. The number of amides is 4. The average Bonchev–Trinajstić information content (AvgIpc) is 1.48. The molecule has 3 saturated carbocycles. The maximum atomic E-state index is 16.0. The highest BCUT2D eigenvalue weighted by Crippen LogP contribution is 2.77. The molecule has 6 N–H and O–H groups in total. The molecule has 8 aliphatic rings. The van der Waals surface area contributed by atoms with Gasteiger partial charge in [0, 0.05) is 96.2 Å². The number of fused-ring (bicyclic) bond motifs is 6. The molecular formula is C66H75Cl5F6N6O9. The molecule has 4 aromatic carbocycles. The molecule has 12 rings (SSSR count). The second-order valence-electron chi connectivity index (χ2n) is 26.9. The van der Waals surface area contributed by atoms with Gasteiger partial charge in [-0.2, -0.15) is 0 Å². The first kappa shape index (κ1) is 71.1. The molecule has 1 unspecified atom stereocenters. The molecular weight excluding hydrogens is 1310 g/mol. The van der Waals surface area contributed by atoms with Gasteiger partial charge in [-0.3, -0.25) is 51.6 Å². The number of hydrogen-bond acceptors (Lipinski definition) is 10. The van der Waals surface area contributed by atoms with E-state index in [0.29, 0.717) is 65.0 Å². The standard InChI is InChI=1S/C34H37Cl2F3N2O4.C23H19Cl2F3N2O3.C9H18N2O2.ClH/c1-41(2)28(43)12-21-8-6-19(14-45-21)10-27(42)23-13-33(15-32(16-33,17-37)18-38)34(29(23)22-4-3-5-25(36)30(22)39)24-9-7-20(35)11-26(24)40-31(34)44;24-11-4-5-13-15(6-11)29-20(33)23(13)16(12-2-1-3-14(25)17(12)28)18(19(31)32)30-22(23)7-21(8-22,9-26)10-27;1-11(2)9(12)5-8-4-3-7(10)6-13-8;/h3-5,7,9,11,19,21,23,29H,6,8,10,12-18H2,1-2H3,(H,40,44);1-6,16,18,30H,7-10H2,(H,29,33)(H,31,32);7-8H,3-6,10H2,1-2H3;1H/t19-,21-,23-,29-,34+;16-,18+,23?;7-,8+;/m001./s1. The number of alkyl halides is 4. The second kappa shape index (κ2) is 27.5. The van der Waals surface area contributed by atoms with E-state index in [1.165, 1.54) is 35.2 Å². The molecule has 4 aromatic rings. The molecule has 5 aliphatic heterocycles. The van der Waals surface area contributed by atoms with E-state index in [1.807, 2.05) is 0 Å². The van der Waals surface area contributed by atoms with Gasteiger partial charge < -0.3 is 40.7 Å². The van der Waals surface area contributed by atoms with E-state index < -0.39 is 113 Å². The van der Waals surface area contributed by atoms with E-state index in [1.54, 1.807) is 75.6 Å². The van der Waals surface area contributed by atoms with Crippen LogP contribution < -0.4 is 21.7 Å². The van der Waals surface area contributed by atoms with Crippen molar-refractivity contribution in [3.05, 3.63) is 127 Å². The Kier molecular flexibility index (Phi) is 21.2. The number of hydrogen-bond donors (Lipinski definition) is 5. The molecule has 15 nitrogen and oxygen atoms in total. The van der Waals surface area contributed by atoms with Crippen LogP contribution in [0.5, 0.6) is 0 Å². The normalized spacial score (nSPS) is 28.6. The van der Waals surface area contributed by atoms with Crippen LogP contribution in [-0.4, -0.2) is 148 Å². The third kappa shape index (κ3) is 12.2. The highest BCUT2D eigenvalue weighted by Gasteiger charge is 2.79. The van der Waals surface area contributed by atoms with Crippen LogP contribution in [0.2, 0.25) is 20.1 Å². The monoisotopic (exact) mass is 1380 g/mol. The van der Waals surface area contributed by atoms with E-state index in [9.17, 15) is 51.4 Å². The number of halogens is 11. The second-order valence-corrected chi connectivity index (χ2v) is 28.6. The zero-order valence-corrected chi connectivity index (χ0v) is 55.0. The quantitative estimate of drug-likeness (QED) is 0.0750. The first-order valence-electron chi connectivity index (χ1n) is 30.4. The van der Waals surface area contributed by atoms with Crippen LogP contribution in [0.1, 0.15) is 111 Å². The number of nitrogens with one attached hydrogen (secondary N) is 3. The van der Waals surface area contributed by atoms with E-state index in [-0.39, 0.29) is 120 Å². The van der Waals surface area contributed by atoms with Crippen molar-refractivity contribution >= 4 is 106 Å². The number of carboxylic acid groups (broad SMARTS) is 1. The molecule has 500 valence electrons. The van der Waals surface area contributed by atoms with Crippen molar-refractivity contribution in [2.75, 3.05) is 78.7 Å². The molecule has 6 fully saturated rings. The van der Waals surface area contributed by atoms with Crippen molar-refractivity contribution in [2.24, 2.45) is 33.8 Å². The summed E-state index contributed by atoms with van der Waals surface area (Å²) in [5, 5.41) is 19.1. The maximum Gasteiger partial charge on any atom is 0.321 e. The summed E-state index contributed by atoms with van der Waals surface area (Å²) in [6.07, 6.45) is 3.88. The first-order valence-corrected chi connectivity index (χ1v) is 31.9. The van der Waals surface area contributed by atoms with Gasteiger partial charge in [0.1, 0.15) is 28.9 Å². The number of carbonyl (C=O) groups excluding carboxylic acids is 5. The molecule has 4 spiro atoms. The fraction of sp³-hybridized carbons (Fsp3) is 0.545. The molecule has 0 bridgehead atoms. The van der Waals surface area contributed by atoms with Crippen molar-refractivity contribution in [3.63, 3.8) is 0 Å². The summed E-state index contributed by atoms with van der Waals surface area (Å²) in [6.45, 7) is -2.85. The molecule has 5 heterocycles. The number of carboxylic acids is 1. The van der Waals surface area contributed by atoms with Crippen molar-refractivity contribution in [1.82, 2.24) is 15.1 Å². The average molecular weight is 1390 g/mol. The van der Waals surface area contributed by atoms with Gasteiger partial charge in [0.25, 0.3) is 0 Å². The SMILES string of the molecule is CN(C)C(=O)C[C@@H]1CC[C@@H](CC(=O)[C@@H]2CC3(CC(CF)(CF)C3)[C@@]3(C(=O)Nc4cc(Cl)ccc43)[C@H]2c2cccc(Cl)c2F)CO1.CN(C)C(=O)C[C@@H]1CC[C@@H](N)CO1.Cl.O=C(O)[C@@H]1NC2(CC(CF)(CF)C2)C2(C(=O)Nc3cc(Cl)ccc32)[C@H]1c1cccc(Cl)c1F.